The Morgan fingerprint density at radius 2 is 1.95 bits per heavy atom. The molecule has 1 aromatic rings. The fourth-order valence-electron chi connectivity index (χ4n) is 3.01. The SMILES string of the molecule is CCCS(=O)(=O)CCN1CCNCC1(C)c1ccccc1. The maximum atomic E-state index is 12.0. The van der Waals surface area contributed by atoms with Gasteiger partial charge in [0.05, 0.1) is 11.3 Å². The van der Waals surface area contributed by atoms with Crippen molar-refractivity contribution in [2.45, 2.75) is 25.8 Å². The quantitative estimate of drug-likeness (QED) is 0.868. The third-order valence-electron chi connectivity index (χ3n) is 4.31. The minimum Gasteiger partial charge on any atom is -0.313 e. The summed E-state index contributed by atoms with van der Waals surface area (Å²) in [7, 11) is -2.93. The zero-order chi connectivity index (χ0) is 15.3. The second-order valence-electron chi connectivity index (χ2n) is 5.96. The van der Waals surface area contributed by atoms with Gasteiger partial charge in [-0.05, 0) is 18.9 Å². The molecule has 1 saturated heterocycles. The van der Waals surface area contributed by atoms with E-state index in [9.17, 15) is 8.42 Å². The second-order valence-corrected chi connectivity index (χ2v) is 8.26. The van der Waals surface area contributed by atoms with Crippen molar-refractivity contribution in [1.82, 2.24) is 10.2 Å². The summed E-state index contributed by atoms with van der Waals surface area (Å²) in [6.45, 7) is 7.36. The molecule has 5 heteroatoms. The predicted molar refractivity (Wildman–Crippen MR) is 87.2 cm³/mol. The molecule has 1 aliphatic rings. The van der Waals surface area contributed by atoms with Crippen LogP contribution >= 0.6 is 0 Å². The van der Waals surface area contributed by atoms with Gasteiger partial charge in [-0.2, -0.15) is 0 Å². The van der Waals surface area contributed by atoms with Crippen LogP contribution in [0.25, 0.3) is 0 Å². The van der Waals surface area contributed by atoms with Gasteiger partial charge in [0.25, 0.3) is 0 Å². The van der Waals surface area contributed by atoms with E-state index in [1.807, 2.05) is 25.1 Å². The van der Waals surface area contributed by atoms with Crippen molar-refractivity contribution in [3.05, 3.63) is 35.9 Å². The minimum absolute atomic E-state index is 0.138. The lowest BCUT2D eigenvalue weighted by Crippen LogP contribution is -2.58. The number of sulfone groups is 1. The van der Waals surface area contributed by atoms with Crippen LogP contribution in [0.4, 0.5) is 0 Å². The molecular weight excluding hydrogens is 284 g/mol. The lowest BCUT2D eigenvalue weighted by Gasteiger charge is -2.45. The maximum absolute atomic E-state index is 12.0. The zero-order valence-corrected chi connectivity index (χ0v) is 13.8. The van der Waals surface area contributed by atoms with Crippen molar-refractivity contribution in [3.63, 3.8) is 0 Å². The lowest BCUT2D eigenvalue weighted by molar-refractivity contribution is 0.0800. The number of piperazine rings is 1. The van der Waals surface area contributed by atoms with E-state index in [-0.39, 0.29) is 11.3 Å². The van der Waals surface area contributed by atoms with Gasteiger partial charge in [-0.1, -0.05) is 37.3 Å². The van der Waals surface area contributed by atoms with Gasteiger partial charge in [-0.25, -0.2) is 8.42 Å². The van der Waals surface area contributed by atoms with Crippen molar-refractivity contribution in [1.29, 1.82) is 0 Å². The van der Waals surface area contributed by atoms with E-state index in [0.29, 0.717) is 18.7 Å². The molecule has 1 unspecified atom stereocenters. The van der Waals surface area contributed by atoms with Crippen LogP contribution < -0.4 is 5.32 Å². The first-order valence-corrected chi connectivity index (χ1v) is 9.52. The van der Waals surface area contributed by atoms with Gasteiger partial charge in [0.1, 0.15) is 0 Å². The van der Waals surface area contributed by atoms with Crippen molar-refractivity contribution in [2.75, 3.05) is 37.7 Å². The number of rotatable bonds is 6. The number of benzene rings is 1. The van der Waals surface area contributed by atoms with E-state index in [1.54, 1.807) is 0 Å². The number of hydrogen-bond acceptors (Lipinski definition) is 4. The summed E-state index contributed by atoms with van der Waals surface area (Å²) in [5, 5.41) is 3.44. The van der Waals surface area contributed by atoms with Crippen LogP contribution in [0, 0.1) is 0 Å². The Hall–Kier alpha value is -0.910. The Balaban J connectivity index is 2.13. The molecule has 1 N–H and O–H groups in total. The molecular formula is C16H26N2O2S. The van der Waals surface area contributed by atoms with Gasteiger partial charge >= 0.3 is 0 Å². The first-order valence-electron chi connectivity index (χ1n) is 7.70. The summed E-state index contributed by atoms with van der Waals surface area (Å²) >= 11 is 0. The maximum Gasteiger partial charge on any atom is 0.151 e. The first-order chi connectivity index (χ1) is 9.98. The highest BCUT2D eigenvalue weighted by Gasteiger charge is 2.36. The van der Waals surface area contributed by atoms with Gasteiger partial charge in [-0.15, -0.1) is 0 Å². The van der Waals surface area contributed by atoms with Crippen LogP contribution in [0.2, 0.25) is 0 Å². The fourth-order valence-corrected chi connectivity index (χ4v) is 4.33. The van der Waals surface area contributed by atoms with E-state index < -0.39 is 9.84 Å². The highest BCUT2D eigenvalue weighted by atomic mass is 32.2. The Bertz CT molecular complexity index is 545. The van der Waals surface area contributed by atoms with Crippen LogP contribution in [0.5, 0.6) is 0 Å². The Morgan fingerprint density at radius 3 is 2.62 bits per heavy atom. The summed E-state index contributed by atoms with van der Waals surface area (Å²) in [6, 6.07) is 10.3. The van der Waals surface area contributed by atoms with Gasteiger partial charge < -0.3 is 5.32 Å². The number of hydrogen-bond donors (Lipinski definition) is 1. The topological polar surface area (TPSA) is 49.4 Å². The molecule has 0 aliphatic carbocycles. The van der Waals surface area contributed by atoms with Crippen LogP contribution in [-0.4, -0.2) is 51.0 Å². The van der Waals surface area contributed by atoms with Gasteiger partial charge in [0, 0.05) is 31.9 Å². The molecule has 0 aromatic heterocycles. The van der Waals surface area contributed by atoms with E-state index >= 15 is 0 Å². The molecule has 0 bridgehead atoms. The summed E-state index contributed by atoms with van der Waals surface area (Å²) in [4.78, 5) is 2.31. The van der Waals surface area contributed by atoms with E-state index in [0.717, 1.165) is 19.6 Å². The Morgan fingerprint density at radius 1 is 1.24 bits per heavy atom. The average Bonchev–Trinajstić information content (AvgIpc) is 2.47. The van der Waals surface area contributed by atoms with Gasteiger partial charge in [-0.3, -0.25) is 4.90 Å². The highest BCUT2D eigenvalue weighted by Crippen LogP contribution is 2.29. The molecule has 0 amide bonds. The average molecular weight is 310 g/mol. The summed E-state index contributed by atoms with van der Waals surface area (Å²) < 4.78 is 24.0. The highest BCUT2D eigenvalue weighted by molar-refractivity contribution is 7.91. The monoisotopic (exact) mass is 310 g/mol. The molecule has 1 aromatic carbocycles. The first kappa shape index (κ1) is 16.5. The van der Waals surface area contributed by atoms with E-state index in [2.05, 4.69) is 29.3 Å². The smallest absolute Gasteiger partial charge is 0.151 e. The fraction of sp³-hybridized carbons (Fsp3) is 0.625. The molecule has 1 fully saturated rings. The van der Waals surface area contributed by atoms with Crippen molar-refractivity contribution < 1.29 is 8.42 Å². The molecule has 0 saturated carbocycles. The zero-order valence-electron chi connectivity index (χ0n) is 13.0. The molecule has 1 aliphatic heterocycles. The molecule has 1 heterocycles. The van der Waals surface area contributed by atoms with Crippen LogP contribution in [0.15, 0.2) is 30.3 Å². The normalized spacial score (nSPS) is 24.1. The summed E-state index contributed by atoms with van der Waals surface area (Å²) in [5.41, 5.74) is 1.10. The van der Waals surface area contributed by atoms with Crippen molar-refractivity contribution in [3.8, 4) is 0 Å². The van der Waals surface area contributed by atoms with E-state index in [4.69, 9.17) is 0 Å². The molecule has 4 nitrogen and oxygen atoms in total. The van der Waals surface area contributed by atoms with Crippen LogP contribution in [-0.2, 0) is 15.4 Å². The predicted octanol–water partition coefficient (Wildman–Crippen LogP) is 1.63. The van der Waals surface area contributed by atoms with Crippen molar-refractivity contribution in [2.24, 2.45) is 0 Å². The van der Waals surface area contributed by atoms with Gasteiger partial charge in [0.15, 0.2) is 9.84 Å². The third-order valence-corrected chi connectivity index (χ3v) is 6.14. The summed E-state index contributed by atoms with van der Waals surface area (Å²) in [6.07, 6.45) is 0.694. The largest absolute Gasteiger partial charge is 0.313 e. The molecule has 1 atom stereocenters. The molecule has 0 spiro atoms. The van der Waals surface area contributed by atoms with Crippen LogP contribution in [0.3, 0.4) is 0 Å². The number of nitrogens with one attached hydrogen (secondary N) is 1. The minimum atomic E-state index is -2.93. The standard InChI is InChI=1S/C16H26N2O2S/c1-3-12-21(19,20)13-11-18-10-9-17-14-16(18,2)15-7-5-4-6-8-15/h4-8,17H,3,9-14H2,1-2H3. The second kappa shape index (κ2) is 6.90. The third kappa shape index (κ3) is 4.05. The number of nitrogens with zero attached hydrogens (tertiary/aromatic N) is 1. The molecule has 21 heavy (non-hydrogen) atoms. The Labute approximate surface area is 128 Å². The lowest BCUT2D eigenvalue weighted by atomic mass is 9.88. The summed E-state index contributed by atoms with van der Waals surface area (Å²) in [5.74, 6) is 0.546. The molecule has 118 valence electrons. The van der Waals surface area contributed by atoms with Crippen LogP contribution in [0.1, 0.15) is 25.8 Å². The molecule has 2 rings (SSSR count). The van der Waals surface area contributed by atoms with E-state index in [1.165, 1.54) is 5.56 Å². The Kier molecular flexibility index (Phi) is 5.41. The van der Waals surface area contributed by atoms with Crippen molar-refractivity contribution >= 4 is 9.84 Å². The molecule has 0 radical (unpaired) electrons. The van der Waals surface area contributed by atoms with Gasteiger partial charge in [0.2, 0.25) is 0 Å².